The summed E-state index contributed by atoms with van der Waals surface area (Å²) in [6.07, 6.45) is 2.00. The van der Waals surface area contributed by atoms with Crippen molar-refractivity contribution in [1.29, 1.82) is 0 Å². The fourth-order valence-corrected chi connectivity index (χ4v) is 5.94. The van der Waals surface area contributed by atoms with Gasteiger partial charge in [-0.05, 0) is 43.7 Å². The summed E-state index contributed by atoms with van der Waals surface area (Å²) in [5.74, 6) is 0.445. The molecule has 2 unspecified atom stereocenters. The Morgan fingerprint density at radius 3 is 2.80 bits per heavy atom. The van der Waals surface area contributed by atoms with Gasteiger partial charge in [-0.25, -0.2) is 8.42 Å². The second kappa shape index (κ2) is 6.56. The monoisotopic (exact) mass is 316 g/mol. The summed E-state index contributed by atoms with van der Waals surface area (Å²) in [6.45, 7) is 8.41. The van der Waals surface area contributed by atoms with Crippen molar-refractivity contribution >= 4 is 21.4 Å². The van der Waals surface area contributed by atoms with Crippen molar-refractivity contribution in [2.75, 3.05) is 13.1 Å². The lowest BCUT2D eigenvalue weighted by atomic mass is 10.1. The van der Waals surface area contributed by atoms with E-state index >= 15 is 0 Å². The van der Waals surface area contributed by atoms with Crippen molar-refractivity contribution < 1.29 is 8.42 Å². The molecule has 20 heavy (non-hydrogen) atoms. The first-order valence-electron chi connectivity index (χ1n) is 7.25. The lowest BCUT2D eigenvalue weighted by Gasteiger charge is -2.21. The Morgan fingerprint density at radius 2 is 2.20 bits per heavy atom. The van der Waals surface area contributed by atoms with Gasteiger partial charge in [0.2, 0.25) is 10.0 Å². The number of hydrogen-bond donors (Lipinski definition) is 1. The molecule has 4 nitrogen and oxygen atoms in total. The smallest absolute Gasteiger partial charge is 0.244 e. The van der Waals surface area contributed by atoms with E-state index in [0.29, 0.717) is 23.9 Å². The van der Waals surface area contributed by atoms with Crippen LogP contribution >= 0.6 is 11.3 Å². The van der Waals surface area contributed by atoms with Crippen LogP contribution in [0.1, 0.15) is 38.5 Å². The zero-order valence-electron chi connectivity index (χ0n) is 12.4. The van der Waals surface area contributed by atoms with Crippen LogP contribution in [0.5, 0.6) is 0 Å². The van der Waals surface area contributed by atoms with Gasteiger partial charge in [-0.2, -0.15) is 4.31 Å². The third-order valence-corrected chi connectivity index (χ3v) is 6.85. The third-order valence-electron chi connectivity index (χ3n) is 3.73. The first-order valence-corrected chi connectivity index (χ1v) is 9.57. The quantitative estimate of drug-likeness (QED) is 0.821. The summed E-state index contributed by atoms with van der Waals surface area (Å²) < 4.78 is 27.3. The first-order chi connectivity index (χ1) is 9.46. The first kappa shape index (κ1) is 15.9. The molecule has 1 fully saturated rings. The van der Waals surface area contributed by atoms with Crippen LogP contribution in [0, 0.1) is 5.92 Å². The van der Waals surface area contributed by atoms with Crippen LogP contribution in [0.3, 0.4) is 0 Å². The maximum atomic E-state index is 12.8. The Morgan fingerprint density at radius 1 is 1.45 bits per heavy atom. The van der Waals surface area contributed by atoms with E-state index in [9.17, 15) is 8.42 Å². The lowest BCUT2D eigenvalue weighted by molar-refractivity contribution is 0.405. The number of nitrogens with zero attached hydrogens (tertiary/aromatic N) is 1. The molecule has 1 aliphatic rings. The highest BCUT2D eigenvalue weighted by Crippen LogP contribution is 2.32. The molecule has 0 spiro atoms. The average Bonchev–Trinajstić information content (AvgIpc) is 2.97. The van der Waals surface area contributed by atoms with E-state index in [1.807, 2.05) is 12.3 Å². The number of rotatable bonds is 6. The molecule has 1 aliphatic heterocycles. The molecule has 0 bridgehead atoms. The number of thiophene rings is 1. The van der Waals surface area contributed by atoms with Gasteiger partial charge in [0.05, 0.1) is 4.90 Å². The largest absolute Gasteiger partial charge is 0.312 e. The number of nitrogens with one attached hydrogen (secondary N) is 1. The van der Waals surface area contributed by atoms with Gasteiger partial charge in [0.25, 0.3) is 0 Å². The minimum Gasteiger partial charge on any atom is -0.312 e. The highest BCUT2D eigenvalue weighted by molar-refractivity contribution is 7.89. The van der Waals surface area contributed by atoms with Crippen molar-refractivity contribution in [2.45, 2.75) is 51.1 Å². The Bertz CT molecular complexity index is 539. The Hall–Kier alpha value is -0.430. The van der Waals surface area contributed by atoms with Crippen molar-refractivity contribution in [3.63, 3.8) is 0 Å². The minimum atomic E-state index is -3.34. The van der Waals surface area contributed by atoms with Crippen LogP contribution in [0.25, 0.3) is 0 Å². The lowest BCUT2D eigenvalue weighted by Crippen LogP contribution is -2.34. The highest BCUT2D eigenvalue weighted by Gasteiger charge is 2.37. The van der Waals surface area contributed by atoms with Crippen LogP contribution in [0.4, 0.5) is 0 Å². The van der Waals surface area contributed by atoms with Crippen LogP contribution in [0.2, 0.25) is 0 Å². The standard InChI is InChI=1S/C14H24N2O2S2/c1-4-6-15-9-13-14(5-7-19-13)20(17,18)16-10-11(2)8-12(16)3/h5,7,11-12,15H,4,6,8-10H2,1-3H3. The van der Waals surface area contributed by atoms with E-state index in [2.05, 4.69) is 19.2 Å². The molecule has 0 aliphatic carbocycles. The zero-order valence-corrected chi connectivity index (χ0v) is 14.1. The normalized spacial score (nSPS) is 24.4. The van der Waals surface area contributed by atoms with E-state index in [0.717, 1.165) is 24.3 Å². The highest BCUT2D eigenvalue weighted by atomic mass is 32.2. The summed E-state index contributed by atoms with van der Waals surface area (Å²) in [4.78, 5) is 1.41. The molecule has 2 rings (SSSR count). The second-order valence-electron chi connectivity index (χ2n) is 5.65. The van der Waals surface area contributed by atoms with Crippen molar-refractivity contribution in [3.05, 3.63) is 16.3 Å². The van der Waals surface area contributed by atoms with Crippen molar-refractivity contribution in [3.8, 4) is 0 Å². The van der Waals surface area contributed by atoms with Gasteiger partial charge >= 0.3 is 0 Å². The molecule has 1 aromatic rings. The van der Waals surface area contributed by atoms with Gasteiger partial charge in [-0.3, -0.25) is 0 Å². The Kier molecular flexibility index (Phi) is 5.23. The van der Waals surface area contributed by atoms with Crippen LogP contribution in [0.15, 0.2) is 16.3 Å². The number of hydrogen-bond acceptors (Lipinski definition) is 4. The molecular weight excluding hydrogens is 292 g/mol. The molecule has 2 atom stereocenters. The summed E-state index contributed by atoms with van der Waals surface area (Å²) in [7, 11) is -3.34. The van der Waals surface area contributed by atoms with Crippen LogP contribution < -0.4 is 5.32 Å². The van der Waals surface area contributed by atoms with E-state index < -0.39 is 10.0 Å². The van der Waals surface area contributed by atoms with E-state index in [4.69, 9.17) is 0 Å². The second-order valence-corrected chi connectivity index (χ2v) is 8.51. The summed E-state index contributed by atoms with van der Waals surface area (Å²) in [6, 6.07) is 1.85. The van der Waals surface area contributed by atoms with Gasteiger partial charge in [0.1, 0.15) is 0 Å². The Labute approximate surface area is 126 Å². The summed E-state index contributed by atoms with van der Waals surface area (Å²) >= 11 is 1.52. The van der Waals surface area contributed by atoms with Crippen LogP contribution in [-0.2, 0) is 16.6 Å². The average molecular weight is 316 g/mol. The molecule has 0 radical (unpaired) electrons. The fourth-order valence-electron chi connectivity index (χ4n) is 2.79. The molecular formula is C14H24N2O2S2. The van der Waals surface area contributed by atoms with Gasteiger partial charge in [0, 0.05) is 24.0 Å². The molecule has 1 saturated heterocycles. The van der Waals surface area contributed by atoms with E-state index in [1.54, 1.807) is 10.4 Å². The molecule has 0 aromatic carbocycles. The molecule has 2 heterocycles. The van der Waals surface area contributed by atoms with Gasteiger partial charge < -0.3 is 5.32 Å². The predicted molar refractivity (Wildman–Crippen MR) is 83.5 cm³/mol. The van der Waals surface area contributed by atoms with Crippen molar-refractivity contribution in [2.24, 2.45) is 5.92 Å². The molecule has 0 saturated carbocycles. The Balaban J connectivity index is 2.20. The SMILES string of the molecule is CCCNCc1sccc1S(=O)(=O)N1CC(C)CC1C. The van der Waals surface area contributed by atoms with Gasteiger partial charge in [-0.15, -0.1) is 11.3 Å². The third kappa shape index (κ3) is 3.24. The number of sulfonamides is 1. The van der Waals surface area contributed by atoms with Crippen molar-refractivity contribution in [1.82, 2.24) is 9.62 Å². The van der Waals surface area contributed by atoms with E-state index in [1.165, 1.54) is 11.3 Å². The fraction of sp³-hybridized carbons (Fsp3) is 0.714. The maximum Gasteiger partial charge on any atom is 0.244 e. The molecule has 6 heteroatoms. The topological polar surface area (TPSA) is 49.4 Å². The summed E-state index contributed by atoms with van der Waals surface area (Å²) in [5.41, 5.74) is 0. The minimum absolute atomic E-state index is 0.103. The van der Waals surface area contributed by atoms with Gasteiger partial charge in [-0.1, -0.05) is 13.8 Å². The summed E-state index contributed by atoms with van der Waals surface area (Å²) in [5, 5.41) is 5.16. The zero-order chi connectivity index (χ0) is 14.8. The molecule has 1 N–H and O–H groups in total. The molecule has 114 valence electrons. The van der Waals surface area contributed by atoms with E-state index in [-0.39, 0.29) is 6.04 Å². The van der Waals surface area contributed by atoms with Crippen LogP contribution in [-0.4, -0.2) is 31.9 Å². The molecule has 0 amide bonds. The maximum absolute atomic E-state index is 12.8. The van der Waals surface area contributed by atoms with Gasteiger partial charge in [0.15, 0.2) is 0 Å². The molecule has 1 aromatic heterocycles. The predicted octanol–water partition coefficient (Wildman–Crippen LogP) is 2.67.